The maximum Gasteiger partial charge on any atom is 0.245 e. The van der Waals surface area contributed by atoms with Crippen molar-refractivity contribution < 1.29 is 23.5 Å². The van der Waals surface area contributed by atoms with E-state index < -0.39 is 22.9 Å². The second-order valence-electron chi connectivity index (χ2n) is 7.47. The minimum absolute atomic E-state index is 0.00998. The number of ketones is 1. The highest BCUT2D eigenvalue weighted by molar-refractivity contribution is 6.30. The van der Waals surface area contributed by atoms with Crippen LogP contribution in [-0.4, -0.2) is 28.0 Å². The number of ether oxygens (including phenoxy) is 2. The number of aromatic nitrogens is 2. The summed E-state index contributed by atoms with van der Waals surface area (Å²) in [6, 6.07) is 11.1. The minimum atomic E-state index is -0.599. The first-order valence-electron chi connectivity index (χ1n) is 10.1. The highest BCUT2D eigenvalue weighted by Crippen LogP contribution is 2.35. The third-order valence-electron chi connectivity index (χ3n) is 5.23. The van der Waals surface area contributed by atoms with Crippen LogP contribution >= 0.6 is 11.6 Å². The molecule has 0 atom stereocenters. The van der Waals surface area contributed by atoms with Gasteiger partial charge in [-0.3, -0.25) is 14.4 Å². The van der Waals surface area contributed by atoms with Crippen LogP contribution in [0.4, 0.5) is 10.2 Å². The fourth-order valence-electron chi connectivity index (χ4n) is 3.62. The molecule has 8 nitrogen and oxygen atoms in total. The highest BCUT2D eigenvalue weighted by Gasteiger charge is 2.22. The molecule has 2 aromatic carbocycles. The van der Waals surface area contributed by atoms with Crippen molar-refractivity contribution in [2.45, 2.75) is 6.54 Å². The van der Waals surface area contributed by atoms with Gasteiger partial charge in [0.2, 0.25) is 18.1 Å². The third-order valence-corrected chi connectivity index (χ3v) is 5.46. The number of hydrogen-bond acceptors (Lipinski definition) is 6. The molecule has 5 rings (SSSR count). The molecule has 0 saturated carbocycles. The molecule has 4 aromatic rings. The Balaban J connectivity index is 1.58. The number of carbonyl (C=O) groups excluding carboxylic acids is 2. The zero-order valence-electron chi connectivity index (χ0n) is 17.4. The lowest BCUT2D eigenvalue weighted by Crippen LogP contribution is -2.24. The molecule has 0 fully saturated rings. The summed E-state index contributed by atoms with van der Waals surface area (Å²) in [5.74, 6) is -0.487. The van der Waals surface area contributed by atoms with E-state index in [1.807, 2.05) is 0 Å². The van der Waals surface area contributed by atoms with E-state index in [0.717, 1.165) is 12.1 Å². The van der Waals surface area contributed by atoms with E-state index in [9.17, 15) is 18.8 Å². The molecule has 34 heavy (non-hydrogen) atoms. The van der Waals surface area contributed by atoms with Gasteiger partial charge in [0, 0.05) is 24.0 Å². The molecular formula is C24H15ClFN3O5. The molecule has 2 aromatic heterocycles. The molecular weight excluding hydrogens is 465 g/mol. The largest absolute Gasteiger partial charge is 0.454 e. The first kappa shape index (κ1) is 21.6. The lowest BCUT2D eigenvalue weighted by Gasteiger charge is -2.14. The summed E-state index contributed by atoms with van der Waals surface area (Å²) >= 11 is 5.83. The normalized spacial score (nSPS) is 12.1. The summed E-state index contributed by atoms with van der Waals surface area (Å²) in [4.78, 5) is 43.1. The van der Waals surface area contributed by atoms with Crippen LogP contribution in [0.5, 0.6) is 11.5 Å². The second-order valence-corrected chi connectivity index (χ2v) is 7.90. The molecule has 0 aliphatic carbocycles. The summed E-state index contributed by atoms with van der Waals surface area (Å²) in [5.41, 5.74) is -0.196. The van der Waals surface area contributed by atoms with Crippen LogP contribution in [0.2, 0.25) is 5.02 Å². The molecule has 1 N–H and O–H groups in total. The molecule has 0 saturated heterocycles. The smallest absolute Gasteiger partial charge is 0.245 e. The van der Waals surface area contributed by atoms with Crippen molar-refractivity contribution in [1.82, 2.24) is 9.55 Å². The number of nitrogens with one attached hydrogen (secondary N) is 1. The van der Waals surface area contributed by atoms with E-state index in [2.05, 4.69) is 10.3 Å². The first-order valence-corrected chi connectivity index (χ1v) is 10.5. The van der Waals surface area contributed by atoms with E-state index in [1.54, 1.807) is 18.2 Å². The fraction of sp³-hybridized carbons (Fsp3) is 0.0833. The highest BCUT2D eigenvalue weighted by atomic mass is 35.5. The van der Waals surface area contributed by atoms with Crippen molar-refractivity contribution in [2.24, 2.45) is 0 Å². The second kappa shape index (κ2) is 8.60. The number of benzene rings is 2. The minimum Gasteiger partial charge on any atom is -0.454 e. The van der Waals surface area contributed by atoms with Crippen LogP contribution in [0, 0.1) is 5.82 Å². The molecule has 0 radical (unpaired) electrons. The van der Waals surface area contributed by atoms with Gasteiger partial charge in [0.25, 0.3) is 0 Å². The number of pyridine rings is 2. The van der Waals surface area contributed by atoms with Gasteiger partial charge in [0.15, 0.2) is 17.3 Å². The maximum atomic E-state index is 13.3. The number of amides is 1. The average molecular weight is 480 g/mol. The van der Waals surface area contributed by atoms with Crippen LogP contribution in [0.1, 0.15) is 15.9 Å². The van der Waals surface area contributed by atoms with E-state index in [4.69, 9.17) is 21.1 Å². The molecule has 0 unspecified atom stereocenters. The topological polar surface area (TPSA) is 99.5 Å². The lowest BCUT2D eigenvalue weighted by molar-refractivity contribution is -0.116. The number of carbonyl (C=O) groups is 2. The standard InChI is InChI=1S/C24H15ClFN3O5/c25-14-3-6-21(27-9-14)28-22(30)11-29-10-17(23(31)13-1-4-15(26)5-2-13)24(32)16-7-19-20(8-18(16)29)34-12-33-19/h1-10H,11-12H2,(H,27,28,30). The molecule has 1 aliphatic heterocycles. The Kier molecular flexibility index (Phi) is 5.46. The van der Waals surface area contributed by atoms with Gasteiger partial charge < -0.3 is 19.4 Å². The van der Waals surface area contributed by atoms with Gasteiger partial charge in [-0.15, -0.1) is 0 Å². The maximum absolute atomic E-state index is 13.3. The van der Waals surface area contributed by atoms with Crippen LogP contribution in [0.25, 0.3) is 10.9 Å². The zero-order chi connectivity index (χ0) is 23.8. The van der Waals surface area contributed by atoms with Gasteiger partial charge >= 0.3 is 0 Å². The van der Waals surface area contributed by atoms with E-state index >= 15 is 0 Å². The monoisotopic (exact) mass is 479 g/mol. The summed E-state index contributed by atoms with van der Waals surface area (Å²) in [5, 5.41) is 3.24. The molecule has 10 heteroatoms. The van der Waals surface area contributed by atoms with E-state index in [1.165, 1.54) is 35.2 Å². The number of nitrogens with zero attached hydrogens (tertiary/aromatic N) is 2. The van der Waals surface area contributed by atoms with Gasteiger partial charge in [0.05, 0.1) is 21.5 Å². The third kappa shape index (κ3) is 4.08. The van der Waals surface area contributed by atoms with Crippen LogP contribution in [0.15, 0.2) is 65.7 Å². The average Bonchev–Trinajstić information content (AvgIpc) is 3.29. The van der Waals surface area contributed by atoms with Crippen LogP contribution in [0.3, 0.4) is 0 Å². The molecule has 0 bridgehead atoms. The Morgan fingerprint density at radius 3 is 2.53 bits per heavy atom. The molecule has 1 amide bonds. The summed E-state index contributed by atoms with van der Waals surface area (Å²) in [6.45, 7) is -0.242. The number of halogens is 2. The van der Waals surface area contributed by atoms with Gasteiger partial charge in [-0.25, -0.2) is 9.37 Å². The van der Waals surface area contributed by atoms with Crippen LogP contribution < -0.4 is 20.2 Å². The van der Waals surface area contributed by atoms with Gasteiger partial charge in [-0.1, -0.05) is 11.6 Å². The zero-order valence-corrected chi connectivity index (χ0v) is 18.1. The van der Waals surface area contributed by atoms with Crippen molar-refractivity contribution in [1.29, 1.82) is 0 Å². The van der Waals surface area contributed by atoms with E-state index in [-0.39, 0.29) is 29.9 Å². The molecule has 0 spiro atoms. The Morgan fingerprint density at radius 2 is 1.82 bits per heavy atom. The van der Waals surface area contributed by atoms with Gasteiger partial charge in [-0.2, -0.15) is 0 Å². The van der Waals surface area contributed by atoms with Crippen molar-refractivity contribution in [3.8, 4) is 11.5 Å². The Morgan fingerprint density at radius 1 is 1.09 bits per heavy atom. The molecule has 1 aliphatic rings. The SMILES string of the molecule is O=C(Cn1cc(C(=O)c2ccc(F)cc2)c(=O)c2cc3c(cc21)OCO3)Nc1ccc(Cl)cn1. The number of anilines is 1. The Labute approximate surface area is 196 Å². The lowest BCUT2D eigenvalue weighted by atomic mass is 10.0. The number of hydrogen-bond donors (Lipinski definition) is 1. The van der Waals surface area contributed by atoms with Gasteiger partial charge in [-0.05, 0) is 42.5 Å². The first-order chi connectivity index (χ1) is 16.4. The van der Waals surface area contributed by atoms with Crippen molar-refractivity contribution in [3.05, 3.63) is 93.1 Å². The fourth-order valence-corrected chi connectivity index (χ4v) is 3.73. The van der Waals surface area contributed by atoms with E-state index in [0.29, 0.717) is 27.9 Å². The van der Waals surface area contributed by atoms with Gasteiger partial charge in [0.1, 0.15) is 18.2 Å². The predicted octanol–water partition coefficient (Wildman–Crippen LogP) is 3.79. The van der Waals surface area contributed by atoms with Crippen molar-refractivity contribution in [2.75, 3.05) is 12.1 Å². The van der Waals surface area contributed by atoms with Crippen molar-refractivity contribution in [3.63, 3.8) is 0 Å². The quantitative estimate of drug-likeness (QED) is 0.437. The van der Waals surface area contributed by atoms with Crippen LogP contribution in [-0.2, 0) is 11.3 Å². The molecule has 170 valence electrons. The Bertz CT molecular complexity index is 1500. The number of rotatable bonds is 5. The molecule has 3 heterocycles. The van der Waals surface area contributed by atoms with Crippen molar-refractivity contribution >= 4 is 40.0 Å². The summed E-state index contributed by atoms with van der Waals surface area (Å²) in [6.07, 6.45) is 2.71. The number of fused-ring (bicyclic) bond motifs is 2. The predicted molar refractivity (Wildman–Crippen MR) is 122 cm³/mol. The summed E-state index contributed by atoms with van der Waals surface area (Å²) in [7, 11) is 0. The Hall–Kier alpha value is -4.24. The summed E-state index contributed by atoms with van der Waals surface area (Å²) < 4.78 is 25.6.